The molecule has 3 rings (SSSR count). The van der Waals surface area contributed by atoms with Crippen molar-refractivity contribution in [1.29, 1.82) is 0 Å². The van der Waals surface area contributed by atoms with Crippen LogP contribution in [0, 0.1) is 0 Å². The maximum Gasteiger partial charge on any atom is 0.157 e. The van der Waals surface area contributed by atoms with Gasteiger partial charge in [0.2, 0.25) is 0 Å². The number of rotatable bonds is 11. The molecule has 2 unspecified atom stereocenters. The Kier molecular flexibility index (Phi) is 9.77. The molecule has 0 saturated carbocycles. The Morgan fingerprint density at radius 1 is 1.07 bits per heavy atom. The van der Waals surface area contributed by atoms with E-state index in [1.54, 1.807) is 0 Å². The number of hydrogen-bond donors (Lipinski definition) is 1. The molecule has 1 aliphatic rings. The summed E-state index contributed by atoms with van der Waals surface area (Å²) in [5.41, 5.74) is 1.03. The summed E-state index contributed by atoms with van der Waals surface area (Å²) in [7, 11) is -1.32. The smallest absolute Gasteiger partial charge is 0.157 e. The zero-order chi connectivity index (χ0) is 21.0. The standard InChI is InChI=1S/C25H32O4S/c26-23(15-7-9-19-28-25-16-8-10-20-29-25)24(18-17-21-11-3-1-4-12-21)30(27)22-13-5-2-6-14-22/h1-6,11-14,17-18,23-26H,7-10,15-16,19-20H2/t23-,24+,25?,30?/m0/s1. The molecular formula is C25H32O4S. The Balaban J connectivity index is 1.55. The molecule has 1 fully saturated rings. The van der Waals surface area contributed by atoms with Crippen LogP contribution in [0.3, 0.4) is 0 Å². The van der Waals surface area contributed by atoms with Gasteiger partial charge < -0.3 is 14.6 Å². The van der Waals surface area contributed by atoms with Crippen molar-refractivity contribution in [1.82, 2.24) is 0 Å². The quantitative estimate of drug-likeness (QED) is 0.515. The molecule has 1 aliphatic heterocycles. The lowest BCUT2D eigenvalue weighted by Gasteiger charge is -2.23. The van der Waals surface area contributed by atoms with Crippen LogP contribution in [0.4, 0.5) is 0 Å². The van der Waals surface area contributed by atoms with E-state index in [1.165, 1.54) is 0 Å². The minimum absolute atomic E-state index is 0.0733. The molecule has 0 bridgehead atoms. The summed E-state index contributed by atoms with van der Waals surface area (Å²) in [6.07, 6.45) is 8.55. The van der Waals surface area contributed by atoms with E-state index < -0.39 is 22.2 Å². The van der Waals surface area contributed by atoms with Gasteiger partial charge in [-0.2, -0.15) is 0 Å². The van der Waals surface area contributed by atoms with Crippen LogP contribution in [-0.2, 0) is 20.3 Å². The topological polar surface area (TPSA) is 55.8 Å². The Labute approximate surface area is 182 Å². The third kappa shape index (κ3) is 7.47. The van der Waals surface area contributed by atoms with Crippen molar-refractivity contribution in [3.63, 3.8) is 0 Å². The highest BCUT2D eigenvalue weighted by molar-refractivity contribution is 7.86. The fraction of sp³-hybridized carbons (Fsp3) is 0.440. The van der Waals surface area contributed by atoms with Crippen LogP contribution in [0.2, 0.25) is 0 Å². The van der Waals surface area contributed by atoms with Crippen molar-refractivity contribution in [2.24, 2.45) is 0 Å². The average Bonchev–Trinajstić information content (AvgIpc) is 2.81. The molecule has 0 radical (unpaired) electrons. The Morgan fingerprint density at radius 2 is 1.80 bits per heavy atom. The summed E-state index contributed by atoms with van der Waals surface area (Å²) in [6.45, 7) is 1.41. The lowest BCUT2D eigenvalue weighted by Crippen LogP contribution is -2.29. The molecule has 1 saturated heterocycles. The molecule has 0 aromatic heterocycles. The van der Waals surface area contributed by atoms with E-state index in [-0.39, 0.29) is 6.29 Å². The second kappa shape index (κ2) is 12.8. The molecule has 2 aromatic rings. The Morgan fingerprint density at radius 3 is 2.50 bits per heavy atom. The fourth-order valence-electron chi connectivity index (χ4n) is 3.50. The molecule has 0 aliphatic carbocycles. The number of aliphatic hydroxyl groups excluding tert-OH is 1. The van der Waals surface area contributed by atoms with Crippen LogP contribution in [0.25, 0.3) is 6.08 Å². The number of hydrogen-bond acceptors (Lipinski definition) is 4. The van der Waals surface area contributed by atoms with Crippen molar-refractivity contribution in [3.05, 3.63) is 72.3 Å². The van der Waals surface area contributed by atoms with Gasteiger partial charge in [-0.05, 0) is 56.2 Å². The van der Waals surface area contributed by atoms with Crippen LogP contribution in [-0.4, -0.2) is 40.2 Å². The molecule has 1 N–H and O–H groups in total. The average molecular weight is 429 g/mol. The monoisotopic (exact) mass is 428 g/mol. The molecule has 0 spiro atoms. The van der Waals surface area contributed by atoms with Crippen molar-refractivity contribution >= 4 is 16.9 Å². The van der Waals surface area contributed by atoms with Gasteiger partial charge in [-0.1, -0.05) is 60.7 Å². The first-order chi connectivity index (χ1) is 14.7. The Bertz CT molecular complexity index is 772. The highest BCUT2D eigenvalue weighted by atomic mass is 32.2. The van der Waals surface area contributed by atoms with E-state index in [0.29, 0.717) is 13.0 Å². The molecule has 4 atom stereocenters. The van der Waals surface area contributed by atoms with Gasteiger partial charge in [-0.15, -0.1) is 0 Å². The second-order valence-electron chi connectivity index (χ2n) is 7.57. The minimum Gasteiger partial charge on any atom is -0.392 e. The van der Waals surface area contributed by atoms with Crippen molar-refractivity contribution in [3.8, 4) is 0 Å². The lowest BCUT2D eigenvalue weighted by molar-refractivity contribution is -0.162. The number of ether oxygens (including phenoxy) is 2. The number of aliphatic hydroxyl groups is 1. The van der Waals surface area contributed by atoms with E-state index in [4.69, 9.17) is 9.47 Å². The predicted molar refractivity (Wildman–Crippen MR) is 122 cm³/mol. The highest BCUT2D eigenvalue weighted by Gasteiger charge is 2.24. The molecule has 1 heterocycles. The number of benzene rings is 2. The summed E-state index contributed by atoms with van der Waals surface area (Å²) in [4.78, 5) is 0.733. The van der Waals surface area contributed by atoms with Gasteiger partial charge in [-0.25, -0.2) is 0 Å². The van der Waals surface area contributed by atoms with Crippen LogP contribution in [0.1, 0.15) is 44.1 Å². The fourth-order valence-corrected chi connectivity index (χ4v) is 4.88. The molecule has 162 valence electrons. The zero-order valence-electron chi connectivity index (χ0n) is 17.4. The van der Waals surface area contributed by atoms with Gasteiger partial charge in [0.15, 0.2) is 6.29 Å². The van der Waals surface area contributed by atoms with Crippen molar-refractivity contribution in [2.75, 3.05) is 13.2 Å². The van der Waals surface area contributed by atoms with Gasteiger partial charge in [0.1, 0.15) is 0 Å². The van der Waals surface area contributed by atoms with E-state index >= 15 is 0 Å². The summed E-state index contributed by atoms with van der Waals surface area (Å²) < 4.78 is 24.5. The largest absolute Gasteiger partial charge is 0.392 e. The first-order valence-corrected chi connectivity index (χ1v) is 12.1. The maximum atomic E-state index is 13.2. The minimum atomic E-state index is -1.32. The molecule has 2 aromatic carbocycles. The van der Waals surface area contributed by atoms with Crippen LogP contribution in [0.5, 0.6) is 0 Å². The van der Waals surface area contributed by atoms with Gasteiger partial charge >= 0.3 is 0 Å². The summed E-state index contributed by atoms with van der Waals surface area (Å²) in [6, 6.07) is 19.3. The van der Waals surface area contributed by atoms with Crippen molar-refractivity contribution in [2.45, 2.75) is 61.1 Å². The second-order valence-corrected chi connectivity index (χ2v) is 9.19. The first-order valence-electron chi connectivity index (χ1n) is 10.8. The molecular weight excluding hydrogens is 396 g/mol. The maximum absolute atomic E-state index is 13.2. The number of unbranched alkanes of at least 4 members (excludes halogenated alkanes) is 1. The summed E-state index contributed by atoms with van der Waals surface area (Å²) in [5, 5.41) is 10.4. The SMILES string of the molecule is O=S(c1ccccc1)[C@H](C=Cc1ccccc1)[C@@H](O)CCCCOC1CCCCO1. The predicted octanol–water partition coefficient (Wildman–Crippen LogP) is 4.95. The van der Waals surface area contributed by atoms with Gasteiger partial charge in [0.05, 0.1) is 22.2 Å². The molecule has 30 heavy (non-hydrogen) atoms. The summed E-state index contributed by atoms with van der Waals surface area (Å²) >= 11 is 0. The van der Waals surface area contributed by atoms with Crippen LogP contribution in [0.15, 0.2) is 71.6 Å². The van der Waals surface area contributed by atoms with Gasteiger partial charge in [-0.3, -0.25) is 4.21 Å². The van der Waals surface area contributed by atoms with Crippen LogP contribution >= 0.6 is 0 Å². The molecule has 4 nitrogen and oxygen atoms in total. The first kappa shape index (κ1) is 22.9. The zero-order valence-corrected chi connectivity index (χ0v) is 18.2. The van der Waals surface area contributed by atoms with Gasteiger partial charge in [0.25, 0.3) is 0 Å². The Hall–Kier alpha value is -1.79. The van der Waals surface area contributed by atoms with E-state index in [9.17, 15) is 9.32 Å². The molecule has 0 amide bonds. The van der Waals surface area contributed by atoms with E-state index in [0.717, 1.165) is 49.2 Å². The van der Waals surface area contributed by atoms with Gasteiger partial charge in [0, 0.05) is 18.1 Å². The molecule has 5 heteroatoms. The highest BCUT2D eigenvalue weighted by Crippen LogP contribution is 2.20. The van der Waals surface area contributed by atoms with E-state index in [1.807, 2.05) is 72.8 Å². The summed E-state index contributed by atoms with van der Waals surface area (Å²) in [5.74, 6) is 0. The normalized spacial score (nSPS) is 20.1. The third-order valence-electron chi connectivity index (χ3n) is 5.22. The van der Waals surface area contributed by atoms with E-state index in [2.05, 4.69) is 0 Å². The van der Waals surface area contributed by atoms with Crippen molar-refractivity contribution < 1.29 is 18.8 Å². The third-order valence-corrected chi connectivity index (χ3v) is 6.92. The lowest BCUT2D eigenvalue weighted by atomic mass is 10.1. The van der Waals surface area contributed by atoms with Crippen LogP contribution < -0.4 is 0 Å².